The molecule has 0 spiro atoms. The van der Waals surface area contributed by atoms with Crippen LogP contribution in [0.1, 0.15) is 26.3 Å². The van der Waals surface area contributed by atoms with Gasteiger partial charge in [-0.2, -0.15) is 17.9 Å². The number of piperazine rings is 1. The van der Waals surface area contributed by atoms with Crippen molar-refractivity contribution >= 4 is 21.8 Å². The number of benzene rings is 2. The van der Waals surface area contributed by atoms with Crippen LogP contribution < -0.4 is 4.72 Å². The Bertz CT molecular complexity index is 1160. The van der Waals surface area contributed by atoms with Gasteiger partial charge in [0.2, 0.25) is 10.0 Å². The summed E-state index contributed by atoms with van der Waals surface area (Å²) in [6, 6.07) is 9.39. The molecule has 3 rings (SSSR count). The molecule has 0 saturated carbocycles. The molecular weight excluding hydrogens is 459 g/mol. The van der Waals surface area contributed by atoms with Crippen LogP contribution in [0.5, 0.6) is 0 Å². The molecule has 0 aromatic heterocycles. The third-order valence-corrected chi connectivity index (χ3v) is 6.51. The van der Waals surface area contributed by atoms with Crippen LogP contribution in [0.3, 0.4) is 0 Å². The van der Waals surface area contributed by atoms with E-state index in [-0.39, 0.29) is 54.7 Å². The molecule has 0 bridgehead atoms. The Hall–Kier alpha value is -3.36. The minimum atomic E-state index is -4.48. The topological polar surface area (TPSA) is 86.8 Å². The highest BCUT2D eigenvalue weighted by atomic mass is 32.2. The number of carbonyl (C=O) groups is 2. The lowest BCUT2D eigenvalue weighted by Gasteiger charge is -2.35. The van der Waals surface area contributed by atoms with Crippen molar-refractivity contribution in [3.8, 4) is 12.3 Å². The summed E-state index contributed by atoms with van der Waals surface area (Å²) in [4.78, 5) is 28.3. The van der Waals surface area contributed by atoms with Crippen LogP contribution in [0.4, 0.5) is 13.2 Å². The second-order valence-electron chi connectivity index (χ2n) is 7.21. The molecule has 2 amide bonds. The van der Waals surface area contributed by atoms with E-state index in [1.165, 1.54) is 34.1 Å². The molecule has 1 heterocycles. The fourth-order valence-corrected chi connectivity index (χ4v) is 4.21. The van der Waals surface area contributed by atoms with E-state index in [1.54, 1.807) is 0 Å². The number of sulfonamides is 1. The van der Waals surface area contributed by atoms with Gasteiger partial charge in [-0.1, -0.05) is 5.92 Å². The minimum absolute atomic E-state index is 0.0266. The van der Waals surface area contributed by atoms with E-state index < -0.39 is 27.7 Å². The number of terminal acetylenes is 1. The lowest BCUT2D eigenvalue weighted by molar-refractivity contribution is -0.137. The zero-order valence-electron chi connectivity index (χ0n) is 17.3. The Kier molecular flexibility index (Phi) is 7.09. The van der Waals surface area contributed by atoms with E-state index in [1.807, 2.05) is 0 Å². The lowest BCUT2D eigenvalue weighted by atomic mass is 10.1. The molecule has 2 aromatic carbocycles. The van der Waals surface area contributed by atoms with Crippen molar-refractivity contribution in [3.05, 3.63) is 65.2 Å². The van der Waals surface area contributed by atoms with E-state index in [2.05, 4.69) is 10.6 Å². The van der Waals surface area contributed by atoms with Gasteiger partial charge >= 0.3 is 6.18 Å². The average Bonchev–Trinajstić information content (AvgIpc) is 2.81. The predicted molar refractivity (Wildman–Crippen MR) is 114 cm³/mol. The van der Waals surface area contributed by atoms with E-state index >= 15 is 0 Å². The summed E-state index contributed by atoms with van der Waals surface area (Å²) in [5.74, 6) is 1.44. The first-order chi connectivity index (χ1) is 15.5. The zero-order chi connectivity index (χ0) is 24.2. The number of hydrogen-bond donors (Lipinski definition) is 1. The molecule has 0 aliphatic carbocycles. The maximum absolute atomic E-state index is 12.7. The number of nitrogens with zero attached hydrogens (tertiary/aromatic N) is 2. The first-order valence-corrected chi connectivity index (χ1v) is 11.3. The molecule has 2 aromatic rings. The molecule has 0 atom stereocenters. The molecule has 0 unspecified atom stereocenters. The van der Waals surface area contributed by atoms with Crippen molar-refractivity contribution in [1.82, 2.24) is 14.5 Å². The van der Waals surface area contributed by atoms with Gasteiger partial charge in [0.05, 0.1) is 17.0 Å². The molecule has 1 saturated heterocycles. The number of halogens is 3. The van der Waals surface area contributed by atoms with Gasteiger partial charge in [0.25, 0.3) is 11.8 Å². The fraction of sp³-hybridized carbons (Fsp3) is 0.273. The maximum atomic E-state index is 12.7. The molecular formula is C22H20F3N3O4S. The van der Waals surface area contributed by atoms with Crippen molar-refractivity contribution < 1.29 is 31.2 Å². The normalized spacial score (nSPS) is 14.6. The fourth-order valence-electron chi connectivity index (χ4n) is 3.28. The summed E-state index contributed by atoms with van der Waals surface area (Å²) in [6.07, 6.45) is 0.573. The number of alkyl halides is 3. The van der Waals surface area contributed by atoms with Crippen molar-refractivity contribution in [2.75, 3.05) is 32.7 Å². The Morgan fingerprint density at radius 3 is 1.70 bits per heavy atom. The number of amides is 2. The van der Waals surface area contributed by atoms with Gasteiger partial charge in [-0.3, -0.25) is 9.59 Å². The van der Waals surface area contributed by atoms with Crippen molar-refractivity contribution in [3.63, 3.8) is 0 Å². The molecule has 1 aliphatic heterocycles. The summed E-state index contributed by atoms with van der Waals surface area (Å²) < 4.78 is 64.4. The highest BCUT2D eigenvalue weighted by Crippen LogP contribution is 2.29. The lowest BCUT2D eigenvalue weighted by Crippen LogP contribution is -2.50. The van der Waals surface area contributed by atoms with Crippen molar-refractivity contribution in [1.29, 1.82) is 0 Å². The van der Waals surface area contributed by atoms with Crippen LogP contribution in [-0.2, 0) is 16.2 Å². The predicted octanol–water partition coefficient (Wildman–Crippen LogP) is 2.22. The SMILES string of the molecule is C#CCNS(=O)(=O)c1ccc(C(=O)N2CCN(C(=O)c3ccc(C(F)(F)F)cc3)CC2)cc1. The molecule has 1 fully saturated rings. The third kappa shape index (κ3) is 5.71. The summed E-state index contributed by atoms with van der Waals surface area (Å²) in [7, 11) is -3.77. The smallest absolute Gasteiger partial charge is 0.335 e. The molecule has 11 heteroatoms. The monoisotopic (exact) mass is 479 g/mol. The Morgan fingerprint density at radius 1 is 0.879 bits per heavy atom. The number of carbonyl (C=O) groups excluding carboxylic acids is 2. The first kappa shape index (κ1) is 24.3. The van der Waals surface area contributed by atoms with Gasteiger partial charge in [0, 0.05) is 37.3 Å². The molecule has 7 nitrogen and oxygen atoms in total. The second-order valence-corrected chi connectivity index (χ2v) is 8.98. The van der Waals surface area contributed by atoms with Gasteiger partial charge in [-0.15, -0.1) is 6.42 Å². The maximum Gasteiger partial charge on any atom is 0.416 e. The summed E-state index contributed by atoms with van der Waals surface area (Å²) in [6.45, 7) is 0.741. The Labute approximate surface area is 189 Å². The highest BCUT2D eigenvalue weighted by Gasteiger charge is 2.31. The summed E-state index contributed by atoms with van der Waals surface area (Å²) in [5, 5.41) is 0. The largest absolute Gasteiger partial charge is 0.416 e. The summed E-state index contributed by atoms with van der Waals surface area (Å²) >= 11 is 0. The van der Waals surface area contributed by atoms with Crippen LogP contribution >= 0.6 is 0 Å². The Morgan fingerprint density at radius 2 is 1.30 bits per heavy atom. The van der Waals surface area contributed by atoms with E-state index in [0.29, 0.717) is 0 Å². The molecule has 1 N–H and O–H groups in total. The molecule has 33 heavy (non-hydrogen) atoms. The zero-order valence-corrected chi connectivity index (χ0v) is 18.1. The number of nitrogens with one attached hydrogen (secondary N) is 1. The van der Waals surface area contributed by atoms with Crippen LogP contribution in [0.2, 0.25) is 0 Å². The van der Waals surface area contributed by atoms with Crippen LogP contribution in [-0.4, -0.2) is 62.8 Å². The third-order valence-electron chi connectivity index (χ3n) is 5.09. The average molecular weight is 479 g/mol. The first-order valence-electron chi connectivity index (χ1n) is 9.82. The van der Waals surface area contributed by atoms with E-state index in [4.69, 9.17) is 6.42 Å². The van der Waals surface area contributed by atoms with Crippen molar-refractivity contribution in [2.24, 2.45) is 0 Å². The van der Waals surface area contributed by atoms with Gasteiger partial charge in [-0.05, 0) is 48.5 Å². The molecule has 0 radical (unpaired) electrons. The summed E-state index contributed by atoms with van der Waals surface area (Å²) in [5.41, 5.74) is -0.411. The molecule has 174 valence electrons. The number of hydrogen-bond acceptors (Lipinski definition) is 4. The van der Waals surface area contributed by atoms with Gasteiger partial charge < -0.3 is 9.80 Å². The van der Waals surface area contributed by atoms with Gasteiger partial charge in [-0.25, -0.2) is 8.42 Å². The van der Waals surface area contributed by atoms with Crippen molar-refractivity contribution in [2.45, 2.75) is 11.1 Å². The van der Waals surface area contributed by atoms with E-state index in [0.717, 1.165) is 24.3 Å². The van der Waals surface area contributed by atoms with Gasteiger partial charge in [0.1, 0.15) is 0 Å². The minimum Gasteiger partial charge on any atom is -0.335 e. The second kappa shape index (κ2) is 9.64. The van der Waals surface area contributed by atoms with E-state index in [9.17, 15) is 31.2 Å². The van der Waals surface area contributed by atoms with Crippen LogP contribution in [0.25, 0.3) is 0 Å². The quantitative estimate of drug-likeness (QED) is 0.667. The Balaban J connectivity index is 1.60. The van der Waals surface area contributed by atoms with Gasteiger partial charge in [0.15, 0.2) is 0 Å². The number of rotatable bonds is 5. The van der Waals surface area contributed by atoms with Crippen LogP contribution in [0.15, 0.2) is 53.4 Å². The molecule has 1 aliphatic rings. The van der Waals surface area contributed by atoms with Crippen LogP contribution in [0, 0.1) is 12.3 Å². The highest BCUT2D eigenvalue weighted by molar-refractivity contribution is 7.89. The standard InChI is InChI=1S/C22H20F3N3O4S/c1-2-11-26-33(31,32)19-9-5-17(6-10-19)21(30)28-14-12-27(13-15-28)20(29)16-3-7-18(8-4-16)22(23,24)25/h1,3-10,26H,11-15H2.